The molecule has 0 aromatic rings. The van der Waals surface area contributed by atoms with Gasteiger partial charge in [-0.15, -0.1) is 0 Å². The number of carbonyl (C=O) groups excluding carboxylic acids is 1. The first-order valence-electron chi connectivity index (χ1n) is 5.83. The molecule has 3 fully saturated rings. The predicted octanol–water partition coefficient (Wildman–Crippen LogP) is 1.10. The van der Waals surface area contributed by atoms with Crippen LogP contribution in [0.2, 0.25) is 0 Å². The van der Waals surface area contributed by atoms with Crippen LogP contribution in [0.25, 0.3) is 0 Å². The lowest BCUT2D eigenvalue weighted by molar-refractivity contribution is -0.130. The van der Waals surface area contributed by atoms with Crippen molar-refractivity contribution in [3.63, 3.8) is 0 Å². The van der Waals surface area contributed by atoms with Gasteiger partial charge in [0, 0.05) is 6.04 Å². The second kappa shape index (κ2) is 2.72. The highest BCUT2D eigenvalue weighted by atomic mass is 16.2. The van der Waals surface area contributed by atoms with Crippen molar-refractivity contribution >= 4 is 5.91 Å². The molecular formula is C11H18N2O. The van der Waals surface area contributed by atoms with Crippen molar-refractivity contribution < 1.29 is 4.79 Å². The summed E-state index contributed by atoms with van der Waals surface area (Å²) in [6.07, 6.45) is 5.92. The quantitative estimate of drug-likeness (QED) is 0.729. The normalized spacial score (nSPS) is 38.1. The van der Waals surface area contributed by atoms with E-state index >= 15 is 0 Å². The third-order valence-corrected chi connectivity index (χ3v) is 3.95. The minimum atomic E-state index is -0.0840. The Morgan fingerprint density at radius 3 is 2.93 bits per heavy atom. The zero-order valence-electron chi connectivity index (χ0n) is 8.75. The van der Waals surface area contributed by atoms with E-state index in [1.165, 1.54) is 19.3 Å². The van der Waals surface area contributed by atoms with E-state index in [9.17, 15) is 4.79 Å². The highest BCUT2D eigenvalue weighted by Crippen LogP contribution is 2.46. The summed E-state index contributed by atoms with van der Waals surface area (Å²) in [5.74, 6) is 1.20. The molecular weight excluding hydrogens is 176 g/mol. The Bertz CT molecular complexity index is 272. The van der Waals surface area contributed by atoms with Gasteiger partial charge in [-0.3, -0.25) is 10.1 Å². The SMILES string of the molecule is CCCC1CC1N1CNC2(CC2)C1=O. The lowest BCUT2D eigenvalue weighted by Crippen LogP contribution is -2.34. The average molecular weight is 194 g/mol. The maximum atomic E-state index is 12.0. The summed E-state index contributed by atoms with van der Waals surface area (Å²) in [4.78, 5) is 14.1. The first kappa shape index (κ1) is 8.72. The molecule has 0 aromatic carbocycles. The third-order valence-electron chi connectivity index (χ3n) is 3.95. The zero-order valence-corrected chi connectivity index (χ0v) is 8.75. The molecule has 1 spiro atoms. The topological polar surface area (TPSA) is 32.3 Å². The van der Waals surface area contributed by atoms with Gasteiger partial charge in [-0.1, -0.05) is 13.3 Å². The summed E-state index contributed by atoms with van der Waals surface area (Å²) in [6.45, 7) is 3.03. The summed E-state index contributed by atoms with van der Waals surface area (Å²) in [5, 5.41) is 3.37. The van der Waals surface area contributed by atoms with Gasteiger partial charge in [-0.05, 0) is 31.6 Å². The molecule has 3 aliphatic rings. The summed E-state index contributed by atoms with van der Waals surface area (Å²) in [5.41, 5.74) is -0.0840. The minimum Gasteiger partial charge on any atom is -0.325 e. The van der Waals surface area contributed by atoms with Crippen molar-refractivity contribution in [2.45, 2.75) is 50.6 Å². The molecule has 1 N–H and O–H groups in total. The first-order chi connectivity index (χ1) is 6.77. The maximum Gasteiger partial charge on any atom is 0.244 e. The Hall–Kier alpha value is -0.570. The number of carbonyl (C=O) groups is 1. The third kappa shape index (κ3) is 1.11. The van der Waals surface area contributed by atoms with Crippen molar-refractivity contribution in [2.24, 2.45) is 5.92 Å². The van der Waals surface area contributed by atoms with E-state index in [-0.39, 0.29) is 5.54 Å². The van der Waals surface area contributed by atoms with Crippen LogP contribution < -0.4 is 5.32 Å². The molecule has 14 heavy (non-hydrogen) atoms. The van der Waals surface area contributed by atoms with Crippen LogP contribution in [0.1, 0.15) is 39.0 Å². The molecule has 2 aliphatic carbocycles. The second-order valence-electron chi connectivity index (χ2n) is 5.04. The number of hydrogen-bond acceptors (Lipinski definition) is 2. The van der Waals surface area contributed by atoms with Crippen molar-refractivity contribution in [2.75, 3.05) is 6.67 Å². The van der Waals surface area contributed by atoms with Crippen LogP contribution in [0.5, 0.6) is 0 Å². The van der Waals surface area contributed by atoms with Crippen molar-refractivity contribution in [1.29, 1.82) is 0 Å². The van der Waals surface area contributed by atoms with Gasteiger partial charge >= 0.3 is 0 Å². The fourth-order valence-corrected chi connectivity index (χ4v) is 2.74. The molecule has 2 saturated carbocycles. The lowest BCUT2D eigenvalue weighted by atomic mass is 10.2. The Labute approximate surface area is 84.8 Å². The lowest BCUT2D eigenvalue weighted by Gasteiger charge is -2.15. The molecule has 78 valence electrons. The van der Waals surface area contributed by atoms with Gasteiger partial charge < -0.3 is 4.90 Å². The summed E-state index contributed by atoms with van der Waals surface area (Å²) >= 11 is 0. The number of nitrogens with one attached hydrogen (secondary N) is 1. The molecule has 3 rings (SSSR count). The Morgan fingerprint density at radius 1 is 1.57 bits per heavy atom. The van der Waals surface area contributed by atoms with Crippen molar-refractivity contribution in [1.82, 2.24) is 10.2 Å². The van der Waals surface area contributed by atoms with Crippen LogP contribution >= 0.6 is 0 Å². The van der Waals surface area contributed by atoms with Gasteiger partial charge in [0.15, 0.2) is 0 Å². The first-order valence-corrected chi connectivity index (χ1v) is 5.83. The molecule has 3 nitrogen and oxygen atoms in total. The van der Waals surface area contributed by atoms with Crippen molar-refractivity contribution in [3.05, 3.63) is 0 Å². The Kier molecular flexibility index (Phi) is 1.69. The monoisotopic (exact) mass is 194 g/mol. The van der Waals surface area contributed by atoms with Crippen LogP contribution in [0, 0.1) is 5.92 Å². The van der Waals surface area contributed by atoms with Gasteiger partial charge in [-0.25, -0.2) is 0 Å². The highest BCUT2D eigenvalue weighted by Gasteiger charge is 2.59. The number of hydrogen-bond donors (Lipinski definition) is 1. The van der Waals surface area contributed by atoms with E-state index in [0.29, 0.717) is 11.9 Å². The van der Waals surface area contributed by atoms with Gasteiger partial charge in [0.2, 0.25) is 5.91 Å². The maximum absolute atomic E-state index is 12.0. The fourth-order valence-electron chi connectivity index (χ4n) is 2.74. The number of nitrogens with zero attached hydrogens (tertiary/aromatic N) is 1. The zero-order chi connectivity index (χ0) is 9.76. The summed E-state index contributed by atoms with van der Waals surface area (Å²) in [6, 6.07) is 0.579. The van der Waals surface area contributed by atoms with Gasteiger partial charge in [-0.2, -0.15) is 0 Å². The summed E-state index contributed by atoms with van der Waals surface area (Å²) < 4.78 is 0. The van der Waals surface area contributed by atoms with E-state index in [0.717, 1.165) is 25.4 Å². The van der Waals surface area contributed by atoms with Crippen LogP contribution in [0.15, 0.2) is 0 Å². The molecule has 3 heteroatoms. The predicted molar refractivity (Wildman–Crippen MR) is 53.6 cm³/mol. The summed E-state index contributed by atoms with van der Waals surface area (Å²) in [7, 11) is 0. The fraction of sp³-hybridized carbons (Fsp3) is 0.909. The van der Waals surface area contributed by atoms with Crippen LogP contribution in [-0.4, -0.2) is 29.1 Å². The van der Waals surface area contributed by atoms with Gasteiger partial charge in [0.05, 0.1) is 12.2 Å². The van der Waals surface area contributed by atoms with Crippen LogP contribution in [0.3, 0.4) is 0 Å². The molecule has 0 aromatic heterocycles. The molecule has 1 amide bonds. The van der Waals surface area contributed by atoms with E-state index in [1.807, 2.05) is 0 Å². The average Bonchev–Trinajstić information content (AvgIpc) is 3.02. The van der Waals surface area contributed by atoms with E-state index in [4.69, 9.17) is 0 Å². The highest BCUT2D eigenvalue weighted by molar-refractivity contribution is 5.91. The second-order valence-corrected chi connectivity index (χ2v) is 5.04. The van der Waals surface area contributed by atoms with E-state index in [2.05, 4.69) is 17.1 Å². The molecule has 2 atom stereocenters. The van der Waals surface area contributed by atoms with E-state index < -0.39 is 0 Å². The van der Waals surface area contributed by atoms with E-state index in [1.54, 1.807) is 0 Å². The molecule has 1 saturated heterocycles. The Morgan fingerprint density at radius 2 is 2.36 bits per heavy atom. The standard InChI is InChI=1S/C11H18N2O/c1-2-3-8-6-9(8)13-7-12-11(4-5-11)10(13)14/h8-9,12H,2-7H2,1H3. The molecule has 0 bridgehead atoms. The van der Waals surface area contributed by atoms with Crippen LogP contribution in [0.4, 0.5) is 0 Å². The molecule has 1 aliphatic heterocycles. The van der Waals surface area contributed by atoms with Gasteiger partial charge in [0.1, 0.15) is 0 Å². The minimum absolute atomic E-state index is 0.0840. The number of amides is 1. The molecule has 0 radical (unpaired) electrons. The van der Waals surface area contributed by atoms with Crippen LogP contribution in [-0.2, 0) is 4.79 Å². The number of rotatable bonds is 3. The smallest absolute Gasteiger partial charge is 0.244 e. The Balaban J connectivity index is 1.63. The van der Waals surface area contributed by atoms with Gasteiger partial charge in [0.25, 0.3) is 0 Å². The van der Waals surface area contributed by atoms with Crippen molar-refractivity contribution in [3.8, 4) is 0 Å². The molecule has 2 unspecified atom stereocenters. The molecule has 1 heterocycles. The largest absolute Gasteiger partial charge is 0.325 e.